The van der Waals surface area contributed by atoms with Gasteiger partial charge in [0.1, 0.15) is 5.69 Å². The lowest BCUT2D eigenvalue weighted by atomic mass is 10.2. The first-order valence-corrected chi connectivity index (χ1v) is 13.1. The lowest BCUT2D eigenvalue weighted by molar-refractivity contribution is -0.383. The Morgan fingerprint density at radius 1 is 1.06 bits per heavy atom. The predicted octanol–water partition coefficient (Wildman–Crippen LogP) is 2.16. The number of rotatable bonds is 6. The second-order valence-corrected chi connectivity index (χ2v) is 11.4. The quantitative estimate of drug-likeness (QED) is 0.464. The van der Waals surface area contributed by atoms with Crippen LogP contribution >= 0.6 is 0 Å². The van der Waals surface area contributed by atoms with Crippen LogP contribution < -0.4 is 19.5 Å². The number of nitro groups is 1. The van der Waals surface area contributed by atoms with E-state index in [1.54, 1.807) is 0 Å². The maximum Gasteiger partial charge on any atom is 0.294 e. The van der Waals surface area contributed by atoms with Crippen LogP contribution in [-0.4, -0.2) is 52.5 Å². The molecular formula is C19H21N3O8S2. The largest absolute Gasteiger partial charge is 0.490 e. The number of sulfonamides is 1. The smallest absolute Gasteiger partial charge is 0.294 e. The highest BCUT2D eigenvalue weighted by Crippen LogP contribution is 2.34. The summed E-state index contributed by atoms with van der Waals surface area (Å²) >= 11 is 0. The van der Waals surface area contributed by atoms with E-state index in [2.05, 4.69) is 10.0 Å². The summed E-state index contributed by atoms with van der Waals surface area (Å²) in [5.41, 5.74) is -0.253. The highest BCUT2D eigenvalue weighted by molar-refractivity contribution is 7.92. The second-order valence-electron chi connectivity index (χ2n) is 7.50. The van der Waals surface area contributed by atoms with E-state index >= 15 is 0 Å². The summed E-state index contributed by atoms with van der Waals surface area (Å²) in [5.74, 6) is 0.665. The monoisotopic (exact) mass is 483 g/mol. The molecule has 2 aromatic carbocycles. The summed E-state index contributed by atoms with van der Waals surface area (Å²) < 4.78 is 62.3. The zero-order chi connectivity index (χ0) is 22.9. The Labute approximate surface area is 184 Å². The summed E-state index contributed by atoms with van der Waals surface area (Å²) in [5, 5.41) is 14.4. The number of hydrogen-bond donors (Lipinski definition) is 2. The van der Waals surface area contributed by atoms with Gasteiger partial charge in [0, 0.05) is 24.6 Å². The van der Waals surface area contributed by atoms with Gasteiger partial charge in [0.15, 0.2) is 21.3 Å². The van der Waals surface area contributed by atoms with E-state index < -0.39 is 30.8 Å². The maximum absolute atomic E-state index is 12.8. The SMILES string of the molecule is O=[N+]([O-])c1cc(NS(=O)(=O)c2ccc3c(c2)OCCCO3)ccc1NC1CCS(=O)(=O)C1. The van der Waals surface area contributed by atoms with E-state index in [-0.39, 0.29) is 33.5 Å². The first-order chi connectivity index (χ1) is 15.1. The molecule has 1 fully saturated rings. The van der Waals surface area contributed by atoms with Crippen LogP contribution in [0.1, 0.15) is 12.8 Å². The molecule has 4 rings (SSSR count). The highest BCUT2D eigenvalue weighted by Gasteiger charge is 2.29. The molecule has 1 atom stereocenters. The van der Waals surface area contributed by atoms with Crippen LogP contribution in [0.4, 0.5) is 17.1 Å². The van der Waals surface area contributed by atoms with Crippen LogP contribution in [0, 0.1) is 10.1 Å². The topological polar surface area (TPSA) is 154 Å². The van der Waals surface area contributed by atoms with E-state index in [1.165, 1.54) is 30.3 Å². The average molecular weight is 484 g/mol. The van der Waals surface area contributed by atoms with Gasteiger partial charge in [0.2, 0.25) is 0 Å². The number of nitro benzene ring substituents is 1. The van der Waals surface area contributed by atoms with Crippen LogP contribution in [0.5, 0.6) is 11.5 Å². The minimum Gasteiger partial charge on any atom is -0.490 e. The normalized spacial score (nSPS) is 19.7. The molecule has 2 aliphatic heterocycles. The summed E-state index contributed by atoms with van der Waals surface area (Å²) in [4.78, 5) is 10.8. The van der Waals surface area contributed by atoms with Crippen molar-refractivity contribution in [3.05, 3.63) is 46.5 Å². The van der Waals surface area contributed by atoms with Gasteiger partial charge in [0.05, 0.1) is 40.2 Å². The van der Waals surface area contributed by atoms with Crippen LogP contribution in [-0.2, 0) is 19.9 Å². The van der Waals surface area contributed by atoms with Crippen molar-refractivity contribution in [2.45, 2.75) is 23.8 Å². The molecule has 2 N–H and O–H groups in total. The molecule has 1 saturated heterocycles. The minimum atomic E-state index is -4.06. The Morgan fingerprint density at radius 2 is 1.81 bits per heavy atom. The highest BCUT2D eigenvalue weighted by atomic mass is 32.2. The molecule has 0 saturated carbocycles. The summed E-state index contributed by atoms with van der Waals surface area (Å²) in [6.45, 7) is 0.862. The van der Waals surface area contributed by atoms with Gasteiger partial charge in [-0.15, -0.1) is 0 Å². The molecule has 0 spiro atoms. The number of hydrogen-bond acceptors (Lipinski definition) is 9. The molecule has 2 heterocycles. The van der Waals surface area contributed by atoms with E-state index in [9.17, 15) is 26.9 Å². The van der Waals surface area contributed by atoms with Crippen LogP contribution in [0.2, 0.25) is 0 Å². The molecule has 0 amide bonds. The minimum absolute atomic E-state index is 0.00611. The van der Waals surface area contributed by atoms with Crippen molar-refractivity contribution in [1.29, 1.82) is 0 Å². The number of sulfone groups is 1. The Bertz CT molecular complexity index is 1260. The van der Waals surface area contributed by atoms with Crippen molar-refractivity contribution in [3.63, 3.8) is 0 Å². The number of nitrogens with zero attached hydrogens (tertiary/aromatic N) is 1. The van der Waals surface area contributed by atoms with Crippen molar-refractivity contribution >= 4 is 36.9 Å². The maximum atomic E-state index is 12.8. The number of benzene rings is 2. The van der Waals surface area contributed by atoms with E-state index in [4.69, 9.17) is 9.47 Å². The third-order valence-corrected chi connectivity index (χ3v) is 8.21. The lowest BCUT2D eigenvalue weighted by Gasteiger charge is -2.14. The van der Waals surface area contributed by atoms with E-state index in [1.807, 2.05) is 0 Å². The van der Waals surface area contributed by atoms with Crippen LogP contribution in [0.3, 0.4) is 0 Å². The van der Waals surface area contributed by atoms with Gasteiger partial charge in [-0.2, -0.15) is 0 Å². The standard InChI is InChI=1S/C19H21N3O8S2/c23-22(24)17-10-13(2-4-16(17)20-14-6-9-31(25,26)12-14)21-32(27,28)15-3-5-18-19(11-15)30-8-1-7-29-18/h2-5,10-11,14,20-21H,1,6-9,12H2. The fraction of sp³-hybridized carbons (Fsp3) is 0.368. The molecule has 172 valence electrons. The summed E-state index contributed by atoms with van der Waals surface area (Å²) in [7, 11) is -7.22. The number of fused-ring (bicyclic) bond motifs is 1. The summed E-state index contributed by atoms with van der Waals surface area (Å²) in [6.07, 6.45) is 1.02. The van der Waals surface area contributed by atoms with Gasteiger partial charge in [0.25, 0.3) is 15.7 Å². The molecule has 0 radical (unpaired) electrons. The second kappa shape index (κ2) is 8.47. The molecule has 2 aromatic rings. The lowest BCUT2D eigenvalue weighted by Crippen LogP contribution is -2.21. The third kappa shape index (κ3) is 4.88. The molecule has 0 aromatic heterocycles. The van der Waals surface area contributed by atoms with Crippen molar-refractivity contribution in [2.75, 3.05) is 34.8 Å². The molecule has 1 unspecified atom stereocenters. The number of nitrogens with one attached hydrogen (secondary N) is 2. The Morgan fingerprint density at radius 3 is 2.50 bits per heavy atom. The number of anilines is 2. The Kier molecular flexibility index (Phi) is 5.86. The predicted molar refractivity (Wildman–Crippen MR) is 117 cm³/mol. The first kappa shape index (κ1) is 22.1. The zero-order valence-electron chi connectivity index (χ0n) is 16.8. The third-order valence-electron chi connectivity index (χ3n) is 5.07. The van der Waals surface area contributed by atoms with Crippen LogP contribution in [0.15, 0.2) is 41.3 Å². The van der Waals surface area contributed by atoms with Crippen LogP contribution in [0.25, 0.3) is 0 Å². The van der Waals surface area contributed by atoms with Crippen molar-refractivity contribution in [3.8, 4) is 11.5 Å². The molecule has 2 aliphatic rings. The van der Waals surface area contributed by atoms with Gasteiger partial charge in [-0.05, 0) is 30.7 Å². The number of ether oxygens (including phenoxy) is 2. The van der Waals surface area contributed by atoms with Crippen molar-refractivity contribution in [2.24, 2.45) is 0 Å². The molecule has 0 aliphatic carbocycles. The zero-order valence-corrected chi connectivity index (χ0v) is 18.4. The molecule has 32 heavy (non-hydrogen) atoms. The van der Waals surface area contributed by atoms with Gasteiger partial charge < -0.3 is 14.8 Å². The van der Waals surface area contributed by atoms with Crippen molar-refractivity contribution < 1.29 is 31.2 Å². The Hall–Kier alpha value is -3.06. The van der Waals surface area contributed by atoms with E-state index in [0.717, 1.165) is 6.07 Å². The fourth-order valence-corrected chi connectivity index (χ4v) is 6.26. The van der Waals surface area contributed by atoms with Crippen molar-refractivity contribution in [1.82, 2.24) is 0 Å². The average Bonchev–Trinajstić information content (AvgIpc) is 2.92. The van der Waals surface area contributed by atoms with Gasteiger partial charge in [-0.3, -0.25) is 14.8 Å². The molecule has 0 bridgehead atoms. The Balaban J connectivity index is 1.56. The van der Waals surface area contributed by atoms with Gasteiger partial charge in [-0.1, -0.05) is 0 Å². The van der Waals surface area contributed by atoms with E-state index in [0.29, 0.717) is 37.6 Å². The summed E-state index contributed by atoms with van der Waals surface area (Å²) in [6, 6.07) is 7.58. The fourth-order valence-electron chi connectivity index (χ4n) is 3.52. The molecular weight excluding hydrogens is 462 g/mol. The van der Waals surface area contributed by atoms with Gasteiger partial charge >= 0.3 is 0 Å². The van der Waals surface area contributed by atoms with Gasteiger partial charge in [-0.25, -0.2) is 16.8 Å². The molecule has 13 heteroatoms. The molecule has 11 nitrogen and oxygen atoms in total. The first-order valence-electron chi connectivity index (χ1n) is 9.81.